The van der Waals surface area contributed by atoms with Crippen molar-refractivity contribution in [3.63, 3.8) is 0 Å². The normalized spacial score (nSPS) is 19.7. The van der Waals surface area contributed by atoms with Gasteiger partial charge in [0.05, 0.1) is 22.7 Å². The highest BCUT2D eigenvalue weighted by molar-refractivity contribution is 5.97. The number of aliphatic hydroxyl groups excluding tert-OH is 1. The Morgan fingerprint density at radius 1 is 1.36 bits per heavy atom. The molecule has 1 saturated heterocycles. The number of pyridine rings is 1. The first-order valence-electron chi connectivity index (χ1n) is 8.13. The zero-order valence-electron chi connectivity index (χ0n) is 13.5. The molecule has 2 aliphatic heterocycles. The van der Waals surface area contributed by atoms with Crippen LogP contribution in [0, 0.1) is 5.82 Å². The molecule has 2 aliphatic rings. The van der Waals surface area contributed by atoms with E-state index in [4.69, 9.17) is 0 Å². The molecule has 1 aromatic heterocycles. The number of aliphatic hydroxyl groups is 1. The SMILES string of the molecule is C=C1CCc2c(N3CCC(O)C3)c(F)cc3c(=O)c(C(=O)O)cn1c23. The first kappa shape index (κ1) is 15.8. The number of β-amino-alcohol motifs (C(OH)–C–C–N with tert-alkyl or cyclic N) is 1. The molecular weight excluding hydrogens is 327 g/mol. The van der Waals surface area contributed by atoms with Gasteiger partial charge in [-0.1, -0.05) is 6.58 Å². The van der Waals surface area contributed by atoms with E-state index in [-0.39, 0.29) is 5.39 Å². The van der Waals surface area contributed by atoms with E-state index in [1.54, 1.807) is 9.47 Å². The van der Waals surface area contributed by atoms with E-state index in [0.29, 0.717) is 54.8 Å². The van der Waals surface area contributed by atoms with Crippen molar-refractivity contribution in [2.45, 2.75) is 25.4 Å². The maximum Gasteiger partial charge on any atom is 0.341 e. The summed E-state index contributed by atoms with van der Waals surface area (Å²) in [7, 11) is 0. The van der Waals surface area contributed by atoms with E-state index in [1.807, 2.05) is 0 Å². The van der Waals surface area contributed by atoms with Gasteiger partial charge >= 0.3 is 5.97 Å². The Balaban J connectivity index is 2.08. The van der Waals surface area contributed by atoms with Crippen LogP contribution in [0.15, 0.2) is 23.6 Å². The van der Waals surface area contributed by atoms with E-state index in [2.05, 4.69) is 6.58 Å². The van der Waals surface area contributed by atoms with E-state index in [0.717, 1.165) is 6.07 Å². The minimum absolute atomic E-state index is 0.0525. The number of aromatic carboxylic acids is 1. The van der Waals surface area contributed by atoms with Crippen LogP contribution in [0.4, 0.5) is 10.1 Å². The van der Waals surface area contributed by atoms with Crippen molar-refractivity contribution >= 4 is 28.3 Å². The molecular formula is C18H17FN2O4. The molecule has 4 rings (SSSR count). The molecule has 25 heavy (non-hydrogen) atoms. The summed E-state index contributed by atoms with van der Waals surface area (Å²) < 4.78 is 16.5. The Morgan fingerprint density at radius 2 is 2.12 bits per heavy atom. The quantitative estimate of drug-likeness (QED) is 0.868. The summed E-state index contributed by atoms with van der Waals surface area (Å²) in [5, 5.41) is 19.1. The number of benzene rings is 1. The first-order chi connectivity index (χ1) is 11.9. The standard InChI is InChI=1S/C18H17FN2O4/c1-9-2-3-11-15-12(17(23)13(18(24)25)8-21(9)15)6-14(19)16(11)20-5-4-10(22)7-20/h6,8,10,22H,1-5,7H2,(H,24,25). The summed E-state index contributed by atoms with van der Waals surface area (Å²) >= 11 is 0. The Morgan fingerprint density at radius 3 is 2.76 bits per heavy atom. The molecule has 6 nitrogen and oxygen atoms in total. The van der Waals surface area contributed by atoms with Crippen molar-refractivity contribution in [1.82, 2.24) is 4.57 Å². The monoisotopic (exact) mass is 344 g/mol. The molecule has 1 atom stereocenters. The van der Waals surface area contributed by atoms with Crippen LogP contribution in [-0.4, -0.2) is 39.9 Å². The number of aromatic nitrogens is 1. The Kier molecular flexibility index (Phi) is 3.43. The van der Waals surface area contributed by atoms with Crippen LogP contribution in [0.5, 0.6) is 0 Å². The van der Waals surface area contributed by atoms with Gasteiger partial charge in [-0.25, -0.2) is 9.18 Å². The summed E-state index contributed by atoms with van der Waals surface area (Å²) in [6, 6.07) is 1.11. The van der Waals surface area contributed by atoms with Crippen LogP contribution in [0.2, 0.25) is 0 Å². The number of carboxylic acids is 1. The smallest absolute Gasteiger partial charge is 0.341 e. The zero-order chi connectivity index (χ0) is 17.9. The van der Waals surface area contributed by atoms with Gasteiger partial charge in [-0.05, 0) is 25.3 Å². The molecule has 0 spiro atoms. The fourth-order valence-corrected chi connectivity index (χ4v) is 3.84. The average molecular weight is 344 g/mol. The van der Waals surface area contributed by atoms with Gasteiger partial charge in [0.15, 0.2) is 0 Å². The highest BCUT2D eigenvalue weighted by atomic mass is 19.1. The Bertz CT molecular complexity index is 995. The van der Waals surface area contributed by atoms with Crippen molar-refractivity contribution in [2.75, 3.05) is 18.0 Å². The van der Waals surface area contributed by atoms with Crippen molar-refractivity contribution in [3.8, 4) is 0 Å². The number of rotatable bonds is 2. The largest absolute Gasteiger partial charge is 0.477 e. The van der Waals surface area contributed by atoms with Gasteiger partial charge in [0.25, 0.3) is 0 Å². The fraction of sp³-hybridized carbons (Fsp3) is 0.333. The molecule has 1 aromatic carbocycles. The van der Waals surface area contributed by atoms with Crippen molar-refractivity contribution < 1.29 is 19.4 Å². The lowest BCUT2D eigenvalue weighted by Gasteiger charge is -2.29. The summed E-state index contributed by atoms with van der Waals surface area (Å²) in [5.41, 5.74) is 1.16. The third-order valence-corrected chi connectivity index (χ3v) is 5.03. The predicted octanol–water partition coefficient (Wildman–Crippen LogP) is 1.83. The zero-order valence-corrected chi connectivity index (χ0v) is 13.5. The molecule has 2 N–H and O–H groups in total. The molecule has 0 radical (unpaired) electrons. The first-order valence-corrected chi connectivity index (χ1v) is 8.13. The number of hydrogen-bond acceptors (Lipinski definition) is 4. The van der Waals surface area contributed by atoms with Crippen molar-refractivity contribution in [2.24, 2.45) is 0 Å². The van der Waals surface area contributed by atoms with Crippen LogP contribution in [-0.2, 0) is 6.42 Å². The predicted molar refractivity (Wildman–Crippen MR) is 91.6 cm³/mol. The number of halogens is 1. The fourth-order valence-electron chi connectivity index (χ4n) is 3.84. The van der Waals surface area contributed by atoms with E-state index in [1.165, 1.54) is 6.20 Å². The van der Waals surface area contributed by atoms with Crippen LogP contribution in [0.1, 0.15) is 28.8 Å². The summed E-state index contributed by atoms with van der Waals surface area (Å²) in [6.45, 7) is 4.83. The molecule has 0 saturated carbocycles. The van der Waals surface area contributed by atoms with E-state index < -0.39 is 28.9 Å². The van der Waals surface area contributed by atoms with Gasteiger partial charge in [-0.15, -0.1) is 0 Å². The third-order valence-electron chi connectivity index (χ3n) is 5.03. The minimum Gasteiger partial charge on any atom is -0.477 e. The molecule has 130 valence electrons. The summed E-state index contributed by atoms with van der Waals surface area (Å²) in [5.74, 6) is -1.90. The number of hydrogen-bond donors (Lipinski definition) is 2. The van der Waals surface area contributed by atoms with Gasteiger partial charge in [0.2, 0.25) is 5.43 Å². The molecule has 0 bridgehead atoms. The number of aryl methyl sites for hydroxylation is 1. The van der Waals surface area contributed by atoms with Crippen LogP contribution >= 0.6 is 0 Å². The topological polar surface area (TPSA) is 82.8 Å². The number of nitrogens with zero attached hydrogens (tertiary/aromatic N) is 2. The van der Waals surface area contributed by atoms with Gasteiger partial charge < -0.3 is 19.7 Å². The molecule has 0 amide bonds. The van der Waals surface area contributed by atoms with Crippen molar-refractivity contribution in [1.29, 1.82) is 0 Å². The van der Waals surface area contributed by atoms with Crippen LogP contribution in [0.25, 0.3) is 16.6 Å². The van der Waals surface area contributed by atoms with E-state index >= 15 is 0 Å². The van der Waals surface area contributed by atoms with Gasteiger partial charge in [-0.2, -0.15) is 0 Å². The highest BCUT2D eigenvalue weighted by Gasteiger charge is 2.30. The minimum atomic E-state index is -1.34. The number of carboxylic acid groups (broad SMARTS) is 1. The summed E-state index contributed by atoms with van der Waals surface area (Å²) in [4.78, 5) is 25.7. The molecule has 2 aromatic rings. The van der Waals surface area contributed by atoms with Gasteiger partial charge in [0.1, 0.15) is 11.4 Å². The van der Waals surface area contributed by atoms with Gasteiger partial charge in [0, 0.05) is 30.5 Å². The molecule has 3 heterocycles. The van der Waals surface area contributed by atoms with Crippen LogP contribution in [0.3, 0.4) is 0 Å². The maximum atomic E-state index is 14.9. The van der Waals surface area contributed by atoms with E-state index in [9.17, 15) is 24.2 Å². The molecule has 7 heteroatoms. The Labute approximate surface area is 142 Å². The lowest BCUT2D eigenvalue weighted by molar-refractivity contribution is 0.0695. The van der Waals surface area contributed by atoms with Gasteiger partial charge in [-0.3, -0.25) is 4.79 Å². The highest BCUT2D eigenvalue weighted by Crippen LogP contribution is 2.38. The van der Waals surface area contributed by atoms with Crippen molar-refractivity contribution in [3.05, 3.63) is 46.0 Å². The lowest BCUT2D eigenvalue weighted by Crippen LogP contribution is -2.27. The second-order valence-corrected chi connectivity index (χ2v) is 6.58. The number of anilines is 1. The van der Waals surface area contributed by atoms with Crippen LogP contribution < -0.4 is 10.3 Å². The number of allylic oxidation sites excluding steroid dienone is 1. The average Bonchev–Trinajstić information content (AvgIpc) is 2.98. The molecule has 1 fully saturated rings. The molecule has 0 aliphatic carbocycles. The Hall–Kier alpha value is -2.67. The second-order valence-electron chi connectivity index (χ2n) is 6.58. The third kappa shape index (κ3) is 2.26. The summed E-state index contributed by atoms with van der Waals surface area (Å²) in [6.07, 6.45) is 2.39. The maximum absolute atomic E-state index is 14.9. The second kappa shape index (κ2) is 5.42. The number of carbonyl (C=O) groups is 1. The molecule has 1 unspecified atom stereocenters. The lowest BCUT2D eigenvalue weighted by atomic mass is 9.95.